The first kappa shape index (κ1) is 19.6. The number of halogens is 1. The predicted molar refractivity (Wildman–Crippen MR) is 102 cm³/mol. The van der Waals surface area contributed by atoms with Gasteiger partial charge in [0.05, 0.1) is 11.4 Å². The molecule has 0 unspecified atom stereocenters. The van der Waals surface area contributed by atoms with E-state index >= 15 is 0 Å². The van der Waals surface area contributed by atoms with E-state index in [4.69, 9.17) is 15.2 Å². The van der Waals surface area contributed by atoms with Gasteiger partial charge in [-0.25, -0.2) is 0 Å². The van der Waals surface area contributed by atoms with Gasteiger partial charge in [0.15, 0.2) is 17.3 Å². The summed E-state index contributed by atoms with van der Waals surface area (Å²) in [5.74, 6) is 0.762. The van der Waals surface area contributed by atoms with E-state index in [1.54, 1.807) is 24.3 Å². The monoisotopic (exact) mass is 376 g/mol. The Kier molecular flexibility index (Phi) is 6.46. The molecular formula is C19H21ClN2O4. The number of ketones is 1. The smallest absolute Gasteiger partial charge is 0.231 e. The van der Waals surface area contributed by atoms with Crippen molar-refractivity contribution in [3.63, 3.8) is 0 Å². The molecule has 6 nitrogen and oxygen atoms in total. The molecule has 0 atom stereocenters. The molecule has 0 bridgehead atoms. The number of aryl methyl sites for hydroxylation is 1. The first-order valence-electron chi connectivity index (χ1n) is 8.18. The number of carbonyl (C=O) groups excluding carboxylic acids is 2. The Morgan fingerprint density at radius 1 is 1.08 bits per heavy atom. The number of nitrogens with one attached hydrogen (secondary N) is 1. The van der Waals surface area contributed by atoms with Gasteiger partial charge in [-0.05, 0) is 12.0 Å². The van der Waals surface area contributed by atoms with Gasteiger partial charge in [0.2, 0.25) is 12.7 Å². The Labute approximate surface area is 158 Å². The Morgan fingerprint density at radius 3 is 2.38 bits per heavy atom. The highest BCUT2D eigenvalue weighted by molar-refractivity contribution is 6.01. The van der Waals surface area contributed by atoms with Gasteiger partial charge in [-0.2, -0.15) is 0 Å². The largest absolute Gasteiger partial charge is 0.454 e. The molecule has 1 aliphatic heterocycles. The molecular weight excluding hydrogens is 356 g/mol. The second kappa shape index (κ2) is 8.58. The van der Waals surface area contributed by atoms with Gasteiger partial charge in [-0.15, -0.1) is 12.4 Å². The van der Waals surface area contributed by atoms with Crippen LogP contribution in [0.15, 0.2) is 36.4 Å². The molecule has 138 valence electrons. The van der Waals surface area contributed by atoms with Gasteiger partial charge in [0.1, 0.15) is 0 Å². The summed E-state index contributed by atoms with van der Waals surface area (Å²) in [6.07, 6.45) is 1.15. The van der Waals surface area contributed by atoms with Gasteiger partial charge in [-0.3, -0.25) is 9.59 Å². The molecule has 0 saturated carbocycles. The predicted octanol–water partition coefficient (Wildman–Crippen LogP) is 3.58. The molecule has 1 amide bonds. The summed E-state index contributed by atoms with van der Waals surface area (Å²) < 4.78 is 10.5. The molecule has 0 aromatic heterocycles. The zero-order valence-corrected chi connectivity index (χ0v) is 15.2. The first-order chi connectivity index (χ1) is 12.1. The summed E-state index contributed by atoms with van der Waals surface area (Å²) in [6, 6.07) is 10.7. The number of nitrogen functional groups attached to an aromatic ring is 1. The number of hydrogen-bond donors (Lipinski definition) is 2. The Morgan fingerprint density at radius 2 is 1.73 bits per heavy atom. The Bertz CT molecular complexity index is 806. The van der Waals surface area contributed by atoms with Gasteiger partial charge >= 0.3 is 0 Å². The second-order valence-electron chi connectivity index (χ2n) is 5.81. The zero-order valence-electron chi connectivity index (χ0n) is 14.4. The average Bonchev–Trinajstić information content (AvgIpc) is 3.07. The molecule has 0 radical (unpaired) electrons. The number of carbonyl (C=O) groups is 2. The van der Waals surface area contributed by atoms with Crippen LogP contribution in [0.5, 0.6) is 11.5 Å². The number of fused-ring (bicyclic) bond motifs is 1. The molecule has 2 aromatic rings. The summed E-state index contributed by atoms with van der Waals surface area (Å²) in [4.78, 5) is 24.3. The van der Waals surface area contributed by atoms with Crippen LogP contribution in [0, 0.1) is 0 Å². The fourth-order valence-corrected chi connectivity index (χ4v) is 2.58. The summed E-state index contributed by atoms with van der Waals surface area (Å²) in [7, 11) is 0. The minimum absolute atomic E-state index is 0. The normalized spacial score (nSPS) is 11.6. The van der Waals surface area contributed by atoms with E-state index in [9.17, 15) is 9.59 Å². The maximum atomic E-state index is 12.2. The number of Topliss-reactive ketones (excluding diaryl/α,β-unsaturated/α-hetero) is 1. The van der Waals surface area contributed by atoms with Gasteiger partial charge < -0.3 is 20.5 Å². The van der Waals surface area contributed by atoms with Gasteiger partial charge in [0, 0.05) is 30.5 Å². The van der Waals surface area contributed by atoms with Crippen LogP contribution < -0.4 is 20.5 Å². The minimum atomic E-state index is -0.274. The van der Waals surface area contributed by atoms with Crippen molar-refractivity contribution in [3.8, 4) is 11.5 Å². The number of ether oxygens (including phenoxy) is 2. The summed E-state index contributed by atoms with van der Waals surface area (Å²) >= 11 is 0. The lowest BCUT2D eigenvalue weighted by Gasteiger charge is -2.09. The lowest BCUT2D eigenvalue weighted by molar-refractivity contribution is -0.116. The van der Waals surface area contributed by atoms with Crippen molar-refractivity contribution in [2.24, 2.45) is 0 Å². The van der Waals surface area contributed by atoms with Gasteiger partial charge in [0.25, 0.3) is 0 Å². The maximum absolute atomic E-state index is 12.2. The molecule has 0 fully saturated rings. The number of amides is 1. The van der Waals surface area contributed by atoms with E-state index in [1.807, 2.05) is 12.1 Å². The summed E-state index contributed by atoms with van der Waals surface area (Å²) in [5, 5.41) is 2.71. The third kappa shape index (κ3) is 4.46. The van der Waals surface area contributed by atoms with Crippen LogP contribution in [0.25, 0.3) is 0 Å². The van der Waals surface area contributed by atoms with Gasteiger partial charge in [-0.1, -0.05) is 31.2 Å². The SMILES string of the molecule is CCc1ccc(C(=O)CCC(=O)Nc2cc3c(cc2N)OCO3)cc1.Cl. The fourth-order valence-electron chi connectivity index (χ4n) is 2.58. The number of nitrogens with two attached hydrogens (primary N) is 1. The number of anilines is 2. The van der Waals surface area contributed by atoms with Crippen LogP contribution in [0.1, 0.15) is 35.7 Å². The second-order valence-corrected chi connectivity index (χ2v) is 5.81. The molecule has 3 N–H and O–H groups in total. The van der Waals surface area contributed by atoms with Crippen LogP contribution in [-0.2, 0) is 11.2 Å². The highest BCUT2D eigenvalue weighted by Crippen LogP contribution is 2.38. The van der Waals surface area contributed by atoms with Crippen LogP contribution in [0.2, 0.25) is 0 Å². The van der Waals surface area contributed by atoms with Crippen LogP contribution in [0.3, 0.4) is 0 Å². The molecule has 0 aliphatic carbocycles. The van der Waals surface area contributed by atoms with Crippen molar-refractivity contribution in [2.75, 3.05) is 17.8 Å². The van der Waals surface area contributed by atoms with Crippen LogP contribution in [-0.4, -0.2) is 18.5 Å². The molecule has 3 rings (SSSR count). The third-order valence-electron chi connectivity index (χ3n) is 4.08. The number of hydrogen-bond acceptors (Lipinski definition) is 5. The van der Waals surface area contributed by atoms with E-state index in [0.29, 0.717) is 28.4 Å². The maximum Gasteiger partial charge on any atom is 0.231 e. The van der Waals surface area contributed by atoms with E-state index in [-0.39, 0.29) is 43.7 Å². The molecule has 1 aliphatic rings. The quantitative estimate of drug-likeness (QED) is 0.594. The van der Waals surface area contributed by atoms with Crippen molar-refractivity contribution in [1.82, 2.24) is 0 Å². The molecule has 7 heteroatoms. The molecule has 1 heterocycles. The molecule has 0 spiro atoms. The van der Waals surface area contributed by atoms with Crippen LogP contribution in [0.4, 0.5) is 11.4 Å². The average molecular weight is 377 g/mol. The van der Waals surface area contributed by atoms with Crippen molar-refractivity contribution >= 4 is 35.5 Å². The molecule has 26 heavy (non-hydrogen) atoms. The zero-order chi connectivity index (χ0) is 17.8. The fraction of sp³-hybridized carbons (Fsp3) is 0.263. The topological polar surface area (TPSA) is 90.7 Å². The lowest BCUT2D eigenvalue weighted by atomic mass is 10.0. The standard InChI is InChI=1S/C19H20N2O4.ClH/c1-2-12-3-5-13(6-4-12)16(22)7-8-19(23)21-15-10-18-17(9-14(15)20)24-11-25-18;/h3-6,9-10H,2,7-8,11,20H2,1H3,(H,21,23);1H. The van der Waals surface area contributed by atoms with Crippen molar-refractivity contribution in [3.05, 3.63) is 47.5 Å². The van der Waals surface area contributed by atoms with Crippen molar-refractivity contribution < 1.29 is 19.1 Å². The minimum Gasteiger partial charge on any atom is -0.454 e. The third-order valence-corrected chi connectivity index (χ3v) is 4.08. The highest BCUT2D eigenvalue weighted by Gasteiger charge is 2.17. The summed E-state index contributed by atoms with van der Waals surface area (Å²) in [6.45, 7) is 2.19. The Hall–Kier alpha value is -2.73. The highest BCUT2D eigenvalue weighted by atomic mass is 35.5. The van der Waals surface area contributed by atoms with E-state index in [0.717, 1.165) is 6.42 Å². The summed E-state index contributed by atoms with van der Waals surface area (Å²) in [5.41, 5.74) is 8.53. The van der Waals surface area contributed by atoms with Crippen molar-refractivity contribution in [1.29, 1.82) is 0 Å². The van der Waals surface area contributed by atoms with E-state index < -0.39 is 0 Å². The molecule has 2 aromatic carbocycles. The Balaban J connectivity index is 0.00000243. The van der Waals surface area contributed by atoms with E-state index in [1.165, 1.54) is 5.56 Å². The molecule has 0 saturated heterocycles. The lowest BCUT2D eigenvalue weighted by Crippen LogP contribution is -2.14. The van der Waals surface area contributed by atoms with E-state index in [2.05, 4.69) is 12.2 Å². The number of rotatable bonds is 6. The van der Waals surface area contributed by atoms with Crippen molar-refractivity contribution in [2.45, 2.75) is 26.2 Å². The number of benzene rings is 2. The van der Waals surface area contributed by atoms with Crippen LogP contribution >= 0.6 is 12.4 Å². The first-order valence-corrected chi connectivity index (χ1v) is 8.18.